The lowest BCUT2D eigenvalue weighted by atomic mass is 9.97. The molecule has 2 rings (SSSR count). The molecule has 0 atom stereocenters. The van der Waals surface area contributed by atoms with Crippen LogP contribution in [0.5, 0.6) is 11.5 Å². The third-order valence-electron chi connectivity index (χ3n) is 4.19. The van der Waals surface area contributed by atoms with E-state index in [1.807, 2.05) is 13.8 Å². The molecule has 0 heterocycles. The Morgan fingerprint density at radius 2 is 1.83 bits per heavy atom. The number of ether oxygens (including phenoxy) is 2. The first-order valence-electron chi connectivity index (χ1n) is 9.18. The average Bonchev–Trinajstić information content (AvgIpc) is 2.70. The second kappa shape index (κ2) is 10.5. The van der Waals surface area contributed by atoms with Crippen molar-refractivity contribution in [1.29, 1.82) is 0 Å². The van der Waals surface area contributed by atoms with Crippen LogP contribution in [-0.4, -0.2) is 31.2 Å². The van der Waals surface area contributed by atoms with Gasteiger partial charge >= 0.3 is 5.97 Å². The smallest absolute Gasteiger partial charge is 0.342 e. The van der Waals surface area contributed by atoms with E-state index in [-0.39, 0.29) is 28.9 Å². The van der Waals surface area contributed by atoms with Gasteiger partial charge in [0.2, 0.25) is 0 Å². The minimum Gasteiger partial charge on any atom is -0.507 e. The summed E-state index contributed by atoms with van der Waals surface area (Å²) in [6.07, 6.45) is 2.34. The van der Waals surface area contributed by atoms with Crippen molar-refractivity contribution < 1.29 is 32.5 Å². The van der Waals surface area contributed by atoms with E-state index in [0.717, 1.165) is 5.57 Å². The van der Waals surface area contributed by atoms with Gasteiger partial charge in [0.1, 0.15) is 29.5 Å². The molecule has 0 saturated heterocycles. The molecular weight excluding hydrogens is 397 g/mol. The lowest BCUT2D eigenvalue weighted by Crippen LogP contribution is -2.11. The van der Waals surface area contributed by atoms with Crippen molar-refractivity contribution >= 4 is 18.1 Å². The van der Waals surface area contributed by atoms with E-state index in [1.54, 1.807) is 12.2 Å². The summed E-state index contributed by atoms with van der Waals surface area (Å²) in [5, 5.41) is 10.8. The monoisotopic (exact) mass is 420 g/mol. The molecule has 0 spiro atoms. The summed E-state index contributed by atoms with van der Waals surface area (Å²) < 4.78 is 48.5. The van der Waals surface area contributed by atoms with Crippen molar-refractivity contribution in [2.75, 3.05) is 13.7 Å². The molecule has 1 N–H and O–H groups in total. The quantitative estimate of drug-likeness (QED) is 0.341. The van der Waals surface area contributed by atoms with Crippen LogP contribution in [0, 0.1) is 5.82 Å². The molecule has 160 valence electrons. The van der Waals surface area contributed by atoms with E-state index in [2.05, 4.69) is 0 Å². The van der Waals surface area contributed by atoms with E-state index in [0.29, 0.717) is 5.56 Å². The standard InChI is InChI=1S/C23H23F3O4/c1-14(2)4-11-18-19(30-13-20(25)26)12-16(21(22(18)27)23(28)29-3)8-5-15-6-9-17(24)10-7-15/h4-10,12,20,27H,11,13H2,1-3H3. The van der Waals surface area contributed by atoms with Gasteiger partial charge in [0, 0.05) is 5.56 Å². The van der Waals surface area contributed by atoms with E-state index in [4.69, 9.17) is 9.47 Å². The van der Waals surface area contributed by atoms with Crippen molar-refractivity contribution in [1.82, 2.24) is 0 Å². The largest absolute Gasteiger partial charge is 0.507 e. The van der Waals surface area contributed by atoms with Crippen molar-refractivity contribution in [2.45, 2.75) is 26.7 Å². The third kappa shape index (κ3) is 6.14. The maximum atomic E-state index is 13.1. The summed E-state index contributed by atoms with van der Waals surface area (Å²) >= 11 is 0. The Morgan fingerprint density at radius 3 is 2.40 bits per heavy atom. The molecular formula is C23H23F3O4. The maximum Gasteiger partial charge on any atom is 0.342 e. The highest BCUT2D eigenvalue weighted by molar-refractivity contribution is 5.98. The first kappa shape index (κ1) is 23.1. The number of alkyl halides is 2. The molecule has 0 aromatic heterocycles. The maximum absolute atomic E-state index is 13.1. The van der Waals surface area contributed by atoms with Crippen LogP contribution in [0.3, 0.4) is 0 Å². The summed E-state index contributed by atoms with van der Waals surface area (Å²) in [5.41, 5.74) is 1.88. The predicted octanol–water partition coefficient (Wildman–Crippen LogP) is 5.64. The molecule has 2 aromatic carbocycles. The van der Waals surface area contributed by atoms with Gasteiger partial charge in [-0.05, 0) is 49.6 Å². The highest BCUT2D eigenvalue weighted by Gasteiger charge is 2.23. The summed E-state index contributed by atoms with van der Waals surface area (Å²) in [6, 6.07) is 7.01. The number of carbonyl (C=O) groups excluding carboxylic acids is 1. The zero-order valence-corrected chi connectivity index (χ0v) is 16.9. The Bertz CT molecular complexity index is 944. The molecule has 0 bridgehead atoms. The number of benzene rings is 2. The fourth-order valence-corrected chi connectivity index (χ4v) is 2.70. The lowest BCUT2D eigenvalue weighted by molar-refractivity contribution is 0.0595. The van der Waals surface area contributed by atoms with E-state index in [9.17, 15) is 23.1 Å². The van der Waals surface area contributed by atoms with Gasteiger partial charge in [-0.25, -0.2) is 18.0 Å². The number of aromatic hydroxyl groups is 1. The molecule has 0 aliphatic rings. The molecule has 7 heteroatoms. The van der Waals surface area contributed by atoms with Crippen molar-refractivity contribution in [3.05, 3.63) is 70.1 Å². The molecule has 4 nitrogen and oxygen atoms in total. The van der Waals surface area contributed by atoms with Gasteiger partial charge in [-0.1, -0.05) is 35.9 Å². The molecule has 0 aliphatic carbocycles. The molecule has 2 aromatic rings. The number of rotatable bonds is 8. The average molecular weight is 420 g/mol. The third-order valence-corrected chi connectivity index (χ3v) is 4.19. The summed E-state index contributed by atoms with van der Waals surface area (Å²) in [4.78, 5) is 12.3. The molecule has 0 amide bonds. The van der Waals surface area contributed by atoms with Crippen LogP contribution < -0.4 is 4.74 Å². The van der Waals surface area contributed by atoms with Crippen molar-refractivity contribution in [3.8, 4) is 11.5 Å². The normalized spacial score (nSPS) is 11.0. The van der Waals surface area contributed by atoms with Crippen LogP contribution in [0.2, 0.25) is 0 Å². The topological polar surface area (TPSA) is 55.8 Å². The van der Waals surface area contributed by atoms with Gasteiger partial charge in [-0.15, -0.1) is 0 Å². The molecule has 30 heavy (non-hydrogen) atoms. The SMILES string of the molecule is COC(=O)c1c(C=Cc2ccc(F)cc2)cc(OCC(F)F)c(CC=C(C)C)c1O. The molecule has 0 radical (unpaired) electrons. The number of carbonyl (C=O) groups is 1. The number of methoxy groups -OCH3 is 1. The number of phenolic OH excluding ortho intramolecular Hbond substituents is 1. The van der Waals surface area contributed by atoms with Crippen molar-refractivity contribution in [3.63, 3.8) is 0 Å². The Labute approximate surface area is 173 Å². The second-order valence-electron chi connectivity index (χ2n) is 6.73. The van der Waals surface area contributed by atoms with Gasteiger partial charge in [-0.2, -0.15) is 0 Å². The van der Waals surface area contributed by atoms with E-state index < -0.39 is 30.6 Å². The van der Waals surface area contributed by atoms with Crippen LogP contribution in [0.4, 0.5) is 13.2 Å². The Kier molecular flexibility index (Phi) is 8.09. The van der Waals surface area contributed by atoms with E-state index in [1.165, 1.54) is 43.5 Å². The molecule has 0 aliphatic heterocycles. The number of esters is 1. The number of phenols is 1. The molecule has 0 unspecified atom stereocenters. The van der Waals surface area contributed by atoms with Gasteiger partial charge in [0.25, 0.3) is 6.43 Å². The first-order chi connectivity index (χ1) is 14.2. The van der Waals surface area contributed by atoms with Crippen LogP contribution >= 0.6 is 0 Å². The van der Waals surface area contributed by atoms with Gasteiger partial charge in [-0.3, -0.25) is 0 Å². The minimum atomic E-state index is -2.71. The highest BCUT2D eigenvalue weighted by Crippen LogP contribution is 2.37. The zero-order chi connectivity index (χ0) is 22.3. The van der Waals surface area contributed by atoms with Gasteiger partial charge < -0.3 is 14.6 Å². The van der Waals surface area contributed by atoms with Gasteiger partial charge in [0.15, 0.2) is 0 Å². The van der Waals surface area contributed by atoms with Crippen LogP contribution in [0.15, 0.2) is 42.0 Å². The minimum absolute atomic E-state index is 0.0386. The van der Waals surface area contributed by atoms with E-state index >= 15 is 0 Å². The van der Waals surface area contributed by atoms with Crippen LogP contribution in [0.25, 0.3) is 12.2 Å². The molecule has 0 saturated carbocycles. The van der Waals surface area contributed by atoms with Crippen molar-refractivity contribution in [2.24, 2.45) is 0 Å². The lowest BCUT2D eigenvalue weighted by Gasteiger charge is -2.17. The Balaban J connectivity index is 2.60. The second-order valence-corrected chi connectivity index (χ2v) is 6.73. The first-order valence-corrected chi connectivity index (χ1v) is 9.18. The number of hydrogen-bond donors (Lipinski definition) is 1. The molecule has 0 fully saturated rings. The zero-order valence-electron chi connectivity index (χ0n) is 16.9. The summed E-state index contributed by atoms with van der Waals surface area (Å²) in [6.45, 7) is 2.83. The summed E-state index contributed by atoms with van der Waals surface area (Å²) in [5.74, 6) is -1.54. The number of allylic oxidation sites excluding steroid dienone is 2. The van der Waals surface area contributed by atoms with Crippen LogP contribution in [0.1, 0.15) is 40.9 Å². The number of hydrogen-bond acceptors (Lipinski definition) is 4. The van der Waals surface area contributed by atoms with Gasteiger partial charge in [0.05, 0.1) is 7.11 Å². The summed E-state index contributed by atoms with van der Waals surface area (Å²) in [7, 11) is 1.17. The Hall–Kier alpha value is -3.22. The fraction of sp³-hybridized carbons (Fsp3) is 0.261. The highest BCUT2D eigenvalue weighted by atomic mass is 19.3. The fourth-order valence-electron chi connectivity index (χ4n) is 2.70. The Morgan fingerprint density at radius 1 is 1.17 bits per heavy atom. The number of halogens is 3. The van der Waals surface area contributed by atoms with Crippen LogP contribution in [-0.2, 0) is 11.2 Å². The predicted molar refractivity (Wildman–Crippen MR) is 109 cm³/mol.